The number of rotatable bonds is 3. The molecule has 0 aromatic heterocycles. The third kappa shape index (κ3) is 4.25. The van der Waals surface area contributed by atoms with Crippen LogP contribution in [-0.4, -0.2) is 13.5 Å². The van der Waals surface area contributed by atoms with E-state index in [0.717, 1.165) is 11.3 Å². The summed E-state index contributed by atoms with van der Waals surface area (Å²) in [4.78, 5) is 0.0335. The molecule has 0 aliphatic heterocycles. The van der Waals surface area contributed by atoms with Crippen LogP contribution in [0.5, 0.6) is 0 Å². The standard InChI is InChI=1S/C14H15N3O2S2/c1-10-5-2-3-8-13(10)17-14(20)16-11-6-4-7-12(9-11)21(15,18)19/h2-9H,1H3,(H2,15,18,19)(H2,16,17,20). The third-order valence-corrected chi connectivity index (χ3v) is 3.93. The molecule has 7 heteroatoms. The van der Waals surface area contributed by atoms with Crippen molar-refractivity contribution in [2.45, 2.75) is 11.8 Å². The molecule has 0 aliphatic rings. The predicted octanol–water partition coefficient (Wildman–Crippen LogP) is 2.45. The maximum absolute atomic E-state index is 11.3. The molecule has 0 bridgehead atoms. The van der Waals surface area contributed by atoms with E-state index in [-0.39, 0.29) is 4.90 Å². The van der Waals surface area contributed by atoms with Gasteiger partial charge < -0.3 is 10.6 Å². The number of hydrogen-bond donors (Lipinski definition) is 3. The number of hydrogen-bond acceptors (Lipinski definition) is 3. The molecule has 2 aromatic carbocycles. The quantitative estimate of drug-likeness (QED) is 0.756. The highest BCUT2D eigenvalue weighted by Gasteiger charge is 2.08. The number of anilines is 2. The maximum atomic E-state index is 11.3. The zero-order chi connectivity index (χ0) is 15.5. The van der Waals surface area contributed by atoms with Gasteiger partial charge in [0.25, 0.3) is 0 Å². The molecule has 0 saturated carbocycles. The van der Waals surface area contributed by atoms with Gasteiger partial charge in [0.1, 0.15) is 0 Å². The average Bonchev–Trinajstić information content (AvgIpc) is 2.41. The highest BCUT2D eigenvalue weighted by Crippen LogP contribution is 2.16. The minimum atomic E-state index is -3.73. The Bertz CT molecular complexity index is 773. The van der Waals surface area contributed by atoms with Gasteiger partial charge in [0.2, 0.25) is 10.0 Å². The third-order valence-electron chi connectivity index (χ3n) is 2.81. The lowest BCUT2D eigenvalue weighted by atomic mass is 10.2. The minimum absolute atomic E-state index is 0.0335. The molecular formula is C14H15N3O2S2. The second-order valence-electron chi connectivity index (χ2n) is 4.47. The second kappa shape index (κ2) is 6.21. The number of nitrogens with one attached hydrogen (secondary N) is 2. The van der Waals surface area contributed by atoms with Gasteiger partial charge in [0.15, 0.2) is 5.11 Å². The maximum Gasteiger partial charge on any atom is 0.238 e. The van der Waals surface area contributed by atoms with Crippen LogP contribution in [0.3, 0.4) is 0 Å². The fourth-order valence-corrected chi connectivity index (χ4v) is 2.54. The number of benzene rings is 2. The first kappa shape index (κ1) is 15.4. The van der Waals surface area contributed by atoms with E-state index in [0.29, 0.717) is 10.8 Å². The van der Waals surface area contributed by atoms with Crippen molar-refractivity contribution in [3.63, 3.8) is 0 Å². The molecule has 0 fully saturated rings. The van der Waals surface area contributed by atoms with Gasteiger partial charge in [-0.1, -0.05) is 24.3 Å². The lowest BCUT2D eigenvalue weighted by Gasteiger charge is -2.12. The number of para-hydroxylation sites is 1. The Labute approximate surface area is 129 Å². The lowest BCUT2D eigenvalue weighted by Crippen LogP contribution is -2.20. The Hall–Kier alpha value is -1.96. The second-order valence-corrected chi connectivity index (χ2v) is 6.44. The van der Waals surface area contributed by atoms with Crippen LogP contribution in [-0.2, 0) is 10.0 Å². The number of sulfonamides is 1. The van der Waals surface area contributed by atoms with Crippen molar-refractivity contribution in [3.05, 3.63) is 54.1 Å². The van der Waals surface area contributed by atoms with Crippen LogP contribution in [0, 0.1) is 6.92 Å². The zero-order valence-corrected chi connectivity index (χ0v) is 13.0. The normalized spacial score (nSPS) is 11.0. The lowest BCUT2D eigenvalue weighted by molar-refractivity contribution is 0.598. The fourth-order valence-electron chi connectivity index (χ4n) is 1.75. The fraction of sp³-hybridized carbons (Fsp3) is 0.0714. The van der Waals surface area contributed by atoms with Crippen LogP contribution in [0.1, 0.15) is 5.56 Å². The smallest absolute Gasteiger partial charge is 0.238 e. The van der Waals surface area contributed by atoms with Crippen LogP contribution in [0.15, 0.2) is 53.4 Å². The van der Waals surface area contributed by atoms with Gasteiger partial charge in [-0.05, 0) is 49.0 Å². The van der Waals surface area contributed by atoms with Crippen LogP contribution < -0.4 is 15.8 Å². The van der Waals surface area contributed by atoms with Crippen LogP contribution in [0.25, 0.3) is 0 Å². The summed E-state index contributed by atoms with van der Waals surface area (Å²) in [5, 5.41) is 11.5. The summed E-state index contributed by atoms with van der Waals surface area (Å²) < 4.78 is 22.6. The van der Waals surface area contributed by atoms with E-state index in [1.54, 1.807) is 12.1 Å². The molecule has 2 rings (SSSR count). The largest absolute Gasteiger partial charge is 0.332 e. The number of aryl methyl sites for hydroxylation is 1. The van der Waals surface area contributed by atoms with Gasteiger partial charge in [0, 0.05) is 11.4 Å². The van der Waals surface area contributed by atoms with E-state index in [4.69, 9.17) is 17.4 Å². The first-order valence-corrected chi connectivity index (χ1v) is 8.08. The van der Waals surface area contributed by atoms with Gasteiger partial charge in [0.05, 0.1) is 4.90 Å². The van der Waals surface area contributed by atoms with Gasteiger partial charge in [-0.25, -0.2) is 13.6 Å². The van der Waals surface area contributed by atoms with E-state index < -0.39 is 10.0 Å². The summed E-state index contributed by atoms with van der Waals surface area (Å²) in [7, 11) is -3.73. The topological polar surface area (TPSA) is 84.2 Å². The van der Waals surface area contributed by atoms with Crippen molar-refractivity contribution in [3.8, 4) is 0 Å². The minimum Gasteiger partial charge on any atom is -0.332 e. The van der Waals surface area contributed by atoms with E-state index >= 15 is 0 Å². The molecule has 2 aromatic rings. The van der Waals surface area contributed by atoms with Crippen molar-refractivity contribution in [2.24, 2.45) is 5.14 Å². The number of thiocarbonyl (C=S) groups is 1. The van der Waals surface area contributed by atoms with E-state index in [9.17, 15) is 8.42 Å². The highest BCUT2D eigenvalue weighted by atomic mass is 32.2. The Morgan fingerprint density at radius 3 is 2.48 bits per heavy atom. The van der Waals surface area contributed by atoms with E-state index in [1.807, 2.05) is 31.2 Å². The molecule has 110 valence electrons. The Morgan fingerprint density at radius 2 is 1.81 bits per heavy atom. The van der Waals surface area contributed by atoms with Crippen molar-refractivity contribution < 1.29 is 8.42 Å². The van der Waals surface area contributed by atoms with E-state index in [1.165, 1.54) is 12.1 Å². The van der Waals surface area contributed by atoms with Gasteiger partial charge >= 0.3 is 0 Å². The molecule has 0 radical (unpaired) electrons. The summed E-state index contributed by atoms with van der Waals surface area (Å²) in [6.07, 6.45) is 0. The van der Waals surface area contributed by atoms with E-state index in [2.05, 4.69) is 10.6 Å². The highest BCUT2D eigenvalue weighted by molar-refractivity contribution is 7.89. The molecule has 0 unspecified atom stereocenters. The first-order chi connectivity index (χ1) is 9.86. The monoisotopic (exact) mass is 321 g/mol. The molecule has 0 heterocycles. The Morgan fingerprint density at radius 1 is 1.10 bits per heavy atom. The van der Waals surface area contributed by atoms with Gasteiger partial charge in [-0.2, -0.15) is 0 Å². The molecule has 4 N–H and O–H groups in total. The SMILES string of the molecule is Cc1ccccc1NC(=S)Nc1cccc(S(N)(=O)=O)c1. The molecule has 0 aliphatic carbocycles. The molecule has 5 nitrogen and oxygen atoms in total. The average molecular weight is 321 g/mol. The molecule has 21 heavy (non-hydrogen) atoms. The van der Waals surface area contributed by atoms with Crippen molar-refractivity contribution in [1.82, 2.24) is 0 Å². The van der Waals surface area contributed by atoms with Gasteiger partial charge in [-0.3, -0.25) is 0 Å². The summed E-state index contributed by atoms with van der Waals surface area (Å²) in [6.45, 7) is 1.96. The van der Waals surface area contributed by atoms with Crippen molar-refractivity contribution in [1.29, 1.82) is 0 Å². The van der Waals surface area contributed by atoms with Crippen molar-refractivity contribution >= 4 is 38.7 Å². The summed E-state index contributed by atoms with van der Waals surface area (Å²) in [6, 6.07) is 13.9. The number of primary sulfonamides is 1. The van der Waals surface area contributed by atoms with Crippen LogP contribution >= 0.6 is 12.2 Å². The van der Waals surface area contributed by atoms with Crippen molar-refractivity contribution in [2.75, 3.05) is 10.6 Å². The summed E-state index contributed by atoms with van der Waals surface area (Å²) in [5.41, 5.74) is 2.49. The molecular weight excluding hydrogens is 306 g/mol. The zero-order valence-electron chi connectivity index (χ0n) is 11.3. The molecule has 0 spiro atoms. The van der Waals surface area contributed by atoms with Gasteiger partial charge in [-0.15, -0.1) is 0 Å². The number of nitrogens with two attached hydrogens (primary N) is 1. The Balaban J connectivity index is 2.12. The molecule has 0 atom stereocenters. The van der Waals surface area contributed by atoms with Crippen LogP contribution in [0.4, 0.5) is 11.4 Å². The Kier molecular flexibility index (Phi) is 4.56. The molecule has 0 amide bonds. The summed E-state index contributed by atoms with van der Waals surface area (Å²) >= 11 is 5.21. The molecule has 0 saturated heterocycles. The first-order valence-electron chi connectivity index (χ1n) is 6.13. The summed E-state index contributed by atoms with van der Waals surface area (Å²) in [5.74, 6) is 0. The predicted molar refractivity (Wildman–Crippen MR) is 88.8 cm³/mol. The van der Waals surface area contributed by atoms with Crippen LogP contribution in [0.2, 0.25) is 0 Å².